The number of aromatic nitrogens is 3. The molecule has 0 unspecified atom stereocenters. The van der Waals surface area contributed by atoms with E-state index in [-0.39, 0.29) is 5.56 Å². The molecule has 0 fully saturated rings. The van der Waals surface area contributed by atoms with Crippen molar-refractivity contribution in [2.24, 2.45) is 0 Å². The van der Waals surface area contributed by atoms with E-state index in [1.54, 1.807) is 17.1 Å². The lowest BCUT2D eigenvalue weighted by Crippen LogP contribution is -2.04. The van der Waals surface area contributed by atoms with E-state index in [1.165, 1.54) is 0 Å². The molecule has 3 rings (SSSR count). The molecule has 78 valence electrons. The lowest BCUT2D eigenvalue weighted by Gasteiger charge is -2.01. The molecule has 0 aliphatic rings. The van der Waals surface area contributed by atoms with E-state index >= 15 is 0 Å². The molecule has 4 heteroatoms. The van der Waals surface area contributed by atoms with Gasteiger partial charge in [-0.05, 0) is 18.2 Å². The summed E-state index contributed by atoms with van der Waals surface area (Å²) in [5, 5.41) is 4.83. The Bertz CT molecular complexity index is 682. The van der Waals surface area contributed by atoms with Crippen LogP contribution in [0.25, 0.3) is 16.6 Å². The molecule has 16 heavy (non-hydrogen) atoms. The van der Waals surface area contributed by atoms with Crippen LogP contribution >= 0.6 is 0 Å². The van der Waals surface area contributed by atoms with Crippen LogP contribution < -0.4 is 5.56 Å². The summed E-state index contributed by atoms with van der Waals surface area (Å²) in [5.41, 5.74) is 1.65. The molecule has 0 bridgehead atoms. The lowest BCUT2D eigenvalue weighted by molar-refractivity contribution is 0.910. The van der Waals surface area contributed by atoms with E-state index in [2.05, 4.69) is 10.1 Å². The Morgan fingerprint density at radius 1 is 1.12 bits per heavy atom. The summed E-state index contributed by atoms with van der Waals surface area (Å²) >= 11 is 0. The van der Waals surface area contributed by atoms with Gasteiger partial charge in [0.05, 0.1) is 22.8 Å². The normalized spacial score (nSPS) is 10.8. The highest BCUT2D eigenvalue weighted by Crippen LogP contribution is 2.13. The minimum Gasteiger partial charge on any atom is -0.328 e. The average molecular weight is 211 g/mol. The zero-order valence-electron chi connectivity index (χ0n) is 8.42. The lowest BCUT2D eigenvalue weighted by atomic mass is 10.3. The number of nitrogens with zero attached hydrogens (tertiary/aromatic N) is 2. The molecule has 0 aliphatic carbocycles. The fraction of sp³-hybridized carbons (Fsp3) is 0. The highest BCUT2D eigenvalue weighted by atomic mass is 16.1. The quantitative estimate of drug-likeness (QED) is 0.666. The second-order valence-electron chi connectivity index (χ2n) is 3.50. The molecule has 1 aromatic carbocycles. The maximum atomic E-state index is 11.5. The van der Waals surface area contributed by atoms with Gasteiger partial charge in [0.15, 0.2) is 0 Å². The van der Waals surface area contributed by atoms with Crippen molar-refractivity contribution in [1.82, 2.24) is 14.8 Å². The topological polar surface area (TPSA) is 50.7 Å². The monoisotopic (exact) mass is 211 g/mol. The third-order valence-electron chi connectivity index (χ3n) is 2.51. The van der Waals surface area contributed by atoms with Gasteiger partial charge in [-0.3, -0.25) is 4.79 Å². The number of H-pyrrole nitrogens is 1. The van der Waals surface area contributed by atoms with Crippen LogP contribution in [0.1, 0.15) is 0 Å². The number of aromatic amines is 1. The van der Waals surface area contributed by atoms with E-state index < -0.39 is 0 Å². The van der Waals surface area contributed by atoms with Gasteiger partial charge in [0, 0.05) is 6.20 Å². The van der Waals surface area contributed by atoms with Crippen molar-refractivity contribution >= 4 is 10.9 Å². The molecule has 0 atom stereocenters. The highest BCUT2D eigenvalue weighted by Gasteiger charge is 2.05. The Morgan fingerprint density at radius 2 is 1.94 bits per heavy atom. The van der Waals surface area contributed by atoms with E-state index in [0.717, 1.165) is 11.2 Å². The zero-order chi connectivity index (χ0) is 11.0. The van der Waals surface area contributed by atoms with Gasteiger partial charge < -0.3 is 4.98 Å². The summed E-state index contributed by atoms with van der Waals surface area (Å²) in [6.45, 7) is 0. The first-order chi connectivity index (χ1) is 7.86. The smallest absolute Gasteiger partial charge is 0.259 e. The number of fused-ring (bicyclic) bond motifs is 1. The van der Waals surface area contributed by atoms with Crippen molar-refractivity contribution in [3.8, 4) is 5.69 Å². The molecule has 4 nitrogen and oxygen atoms in total. The van der Waals surface area contributed by atoms with Gasteiger partial charge in [-0.1, -0.05) is 18.2 Å². The first-order valence-electron chi connectivity index (χ1n) is 4.97. The highest BCUT2D eigenvalue weighted by molar-refractivity contribution is 5.78. The molecule has 0 radical (unpaired) electrons. The number of hydrogen-bond acceptors (Lipinski definition) is 2. The van der Waals surface area contributed by atoms with Crippen molar-refractivity contribution in [3.63, 3.8) is 0 Å². The van der Waals surface area contributed by atoms with E-state index in [1.807, 2.05) is 36.4 Å². The molecule has 1 N–H and O–H groups in total. The van der Waals surface area contributed by atoms with E-state index in [9.17, 15) is 4.79 Å². The molecule has 3 aromatic rings. The third kappa shape index (κ3) is 1.24. The number of nitrogens with one attached hydrogen (secondary N) is 1. The van der Waals surface area contributed by atoms with Crippen LogP contribution in [0.15, 0.2) is 53.6 Å². The maximum Gasteiger partial charge on any atom is 0.259 e. The number of rotatable bonds is 1. The summed E-state index contributed by atoms with van der Waals surface area (Å²) in [6, 6.07) is 11.6. The van der Waals surface area contributed by atoms with Gasteiger partial charge in [0.1, 0.15) is 0 Å². The van der Waals surface area contributed by atoms with E-state index in [4.69, 9.17) is 0 Å². The minimum absolute atomic E-state index is 0.111. The van der Waals surface area contributed by atoms with E-state index in [0.29, 0.717) is 5.39 Å². The average Bonchev–Trinajstić information content (AvgIpc) is 2.75. The van der Waals surface area contributed by atoms with Crippen LogP contribution in [0, 0.1) is 0 Å². The summed E-state index contributed by atoms with van der Waals surface area (Å²) < 4.78 is 1.75. The Balaban J connectivity index is 2.34. The largest absolute Gasteiger partial charge is 0.328 e. The number of benzene rings is 1. The second-order valence-corrected chi connectivity index (χ2v) is 3.50. The minimum atomic E-state index is -0.111. The molecule has 2 aromatic heterocycles. The summed E-state index contributed by atoms with van der Waals surface area (Å²) in [6.07, 6.45) is 3.22. The fourth-order valence-corrected chi connectivity index (χ4v) is 1.74. The Hall–Kier alpha value is -2.36. The SMILES string of the molecule is O=c1[nH]ccc2c1cnn2-c1ccccc1. The third-order valence-corrected chi connectivity index (χ3v) is 2.51. The van der Waals surface area contributed by atoms with Crippen LogP contribution in [0.3, 0.4) is 0 Å². The molecule has 0 aliphatic heterocycles. The van der Waals surface area contributed by atoms with Crippen molar-refractivity contribution in [2.45, 2.75) is 0 Å². The first kappa shape index (κ1) is 8.91. The van der Waals surface area contributed by atoms with Gasteiger partial charge in [-0.2, -0.15) is 5.10 Å². The summed E-state index contributed by atoms with van der Waals surface area (Å²) in [4.78, 5) is 14.1. The maximum absolute atomic E-state index is 11.5. The van der Waals surface area contributed by atoms with Crippen molar-refractivity contribution in [1.29, 1.82) is 0 Å². The molecular formula is C12H9N3O. The number of para-hydroxylation sites is 1. The van der Waals surface area contributed by atoms with Crippen LogP contribution in [0.2, 0.25) is 0 Å². The van der Waals surface area contributed by atoms with Gasteiger partial charge in [-0.15, -0.1) is 0 Å². The van der Waals surface area contributed by atoms with Crippen molar-refractivity contribution in [3.05, 3.63) is 59.1 Å². The number of pyridine rings is 1. The second kappa shape index (κ2) is 3.34. The molecule has 0 saturated carbocycles. The summed E-state index contributed by atoms with van der Waals surface area (Å²) in [5.74, 6) is 0. The van der Waals surface area contributed by atoms with Crippen molar-refractivity contribution in [2.75, 3.05) is 0 Å². The van der Waals surface area contributed by atoms with Crippen molar-refractivity contribution < 1.29 is 0 Å². The molecule has 0 saturated heterocycles. The Kier molecular flexibility index (Phi) is 1.86. The van der Waals surface area contributed by atoms with Crippen LogP contribution in [0.5, 0.6) is 0 Å². The van der Waals surface area contributed by atoms with Crippen LogP contribution in [0.4, 0.5) is 0 Å². The van der Waals surface area contributed by atoms with Gasteiger partial charge in [-0.25, -0.2) is 4.68 Å². The standard InChI is InChI=1S/C12H9N3O/c16-12-10-8-14-15(11(10)6-7-13-12)9-4-2-1-3-5-9/h1-8H,(H,13,16). The van der Waals surface area contributed by atoms with Gasteiger partial charge in [0.2, 0.25) is 0 Å². The first-order valence-corrected chi connectivity index (χ1v) is 4.97. The number of hydrogen-bond donors (Lipinski definition) is 1. The van der Waals surface area contributed by atoms with Crippen LogP contribution in [-0.2, 0) is 0 Å². The fourth-order valence-electron chi connectivity index (χ4n) is 1.74. The zero-order valence-corrected chi connectivity index (χ0v) is 8.42. The summed E-state index contributed by atoms with van der Waals surface area (Å²) in [7, 11) is 0. The molecule has 0 amide bonds. The molecule has 2 heterocycles. The molecule has 0 spiro atoms. The Morgan fingerprint density at radius 3 is 2.75 bits per heavy atom. The molecular weight excluding hydrogens is 202 g/mol. The predicted octanol–water partition coefficient (Wildman–Crippen LogP) is 1.71. The Labute approximate surface area is 91.2 Å². The van der Waals surface area contributed by atoms with Gasteiger partial charge in [0.25, 0.3) is 5.56 Å². The predicted molar refractivity (Wildman–Crippen MR) is 61.7 cm³/mol. The van der Waals surface area contributed by atoms with Crippen LogP contribution in [-0.4, -0.2) is 14.8 Å². The van der Waals surface area contributed by atoms with Gasteiger partial charge >= 0.3 is 0 Å².